The zero-order chi connectivity index (χ0) is 13.0. The molecule has 94 valence electrons. The van der Waals surface area contributed by atoms with Crippen molar-refractivity contribution in [3.8, 4) is 0 Å². The maximum atomic E-state index is 11.8. The van der Waals surface area contributed by atoms with Gasteiger partial charge in [0.2, 0.25) is 5.91 Å². The Kier molecular flexibility index (Phi) is 5.15. The number of halogens is 1. The predicted molar refractivity (Wildman–Crippen MR) is 73.8 cm³/mol. The number of likely N-dealkylation sites (N-methyl/N-ethyl adjacent to an activating group) is 2. The summed E-state index contributed by atoms with van der Waals surface area (Å²) in [7, 11) is 5.53. The first-order valence-electron chi connectivity index (χ1n) is 5.58. The second-order valence-electron chi connectivity index (χ2n) is 4.42. The van der Waals surface area contributed by atoms with Crippen LogP contribution in [0.2, 0.25) is 0 Å². The number of hydrogen-bond acceptors (Lipinski definition) is 2. The molecule has 0 saturated carbocycles. The summed E-state index contributed by atoms with van der Waals surface area (Å²) in [6.45, 7) is 2.68. The first kappa shape index (κ1) is 14.2. The summed E-state index contributed by atoms with van der Waals surface area (Å²) in [5.41, 5.74) is 1.19. The fraction of sp³-hybridized carbons (Fsp3) is 0.462. The lowest BCUT2D eigenvalue weighted by atomic mass is 10.2. The molecule has 0 radical (unpaired) electrons. The van der Waals surface area contributed by atoms with Crippen molar-refractivity contribution in [2.24, 2.45) is 0 Å². The molecule has 0 heterocycles. The Morgan fingerprint density at radius 2 is 1.88 bits per heavy atom. The second-order valence-corrected chi connectivity index (χ2v) is 5.27. The van der Waals surface area contributed by atoms with Crippen molar-refractivity contribution in [2.75, 3.05) is 21.1 Å². The average molecular weight is 299 g/mol. The molecule has 1 amide bonds. The van der Waals surface area contributed by atoms with Crippen LogP contribution in [0.3, 0.4) is 0 Å². The third-order valence-electron chi connectivity index (χ3n) is 2.84. The van der Waals surface area contributed by atoms with Crippen LogP contribution in [0, 0.1) is 0 Å². The van der Waals surface area contributed by atoms with E-state index >= 15 is 0 Å². The minimum absolute atomic E-state index is 0.114. The number of carbonyl (C=O) groups is 1. The van der Waals surface area contributed by atoms with Crippen molar-refractivity contribution in [2.45, 2.75) is 19.5 Å². The number of benzene rings is 1. The number of amides is 1. The van der Waals surface area contributed by atoms with Gasteiger partial charge in [0, 0.05) is 25.1 Å². The van der Waals surface area contributed by atoms with Crippen molar-refractivity contribution in [3.63, 3.8) is 0 Å². The highest BCUT2D eigenvalue weighted by molar-refractivity contribution is 9.10. The van der Waals surface area contributed by atoms with Gasteiger partial charge in [0.05, 0.1) is 6.04 Å². The van der Waals surface area contributed by atoms with E-state index in [1.54, 1.807) is 19.0 Å². The van der Waals surface area contributed by atoms with E-state index in [0.29, 0.717) is 0 Å². The molecule has 0 N–H and O–H groups in total. The van der Waals surface area contributed by atoms with Crippen molar-refractivity contribution in [3.05, 3.63) is 34.3 Å². The quantitative estimate of drug-likeness (QED) is 0.852. The molecule has 0 aromatic heterocycles. The summed E-state index contributed by atoms with van der Waals surface area (Å²) in [6, 6.07) is 7.96. The fourth-order valence-electron chi connectivity index (χ4n) is 1.59. The fourth-order valence-corrected chi connectivity index (χ4v) is 2.00. The predicted octanol–water partition coefficient (Wildman–Crippen LogP) is 2.36. The Labute approximate surface area is 112 Å². The lowest BCUT2D eigenvalue weighted by Gasteiger charge is -2.26. The molecular formula is C13H19BrN2O. The summed E-state index contributed by atoms with van der Waals surface area (Å²) < 4.78 is 1.08. The molecule has 1 aromatic carbocycles. The van der Waals surface area contributed by atoms with Crippen LogP contribution in [0.4, 0.5) is 0 Å². The van der Waals surface area contributed by atoms with Gasteiger partial charge in [-0.25, -0.2) is 0 Å². The van der Waals surface area contributed by atoms with Crippen LogP contribution >= 0.6 is 15.9 Å². The number of nitrogens with zero attached hydrogens (tertiary/aromatic N) is 2. The van der Waals surface area contributed by atoms with Gasteiger partial charge in [-0.3, -0.25) is 9.69 Å². The molecule has 0 aliphatic carbocycles. The van der Waals surface area contributed by atoms with Gasteiger partial charge < -0.3 is 4.90 Å². The van der Waals surface area contributed by atoms with Crippen LogP contribution in [0.25, 0.3) is 0 Å². The van der Waals surface area contributed by atoms with Gasteiger partial charge in [-0.1, -0.05) is 34.1 Å². The standard InChI is InChI=1S/C13H19BrN2O/c1-10(13(17)15(2)3)16(4)9-11-7-5-6-8-12(11)14/h5-8,10H,9H2,1-4H3. The minimum atomic E-state index is -0.114. The van der Waals surface area contributed by atoms with E-state index < -0.39 is 0 Å². The van der Waals surface area contributed by atoms with Gasteiger partial charge >= 0.3 is 0 Å². The van der Waals surface area contributed by atoms with Gasteiger partial charge in [-0.2, -0.15) is 0 Å². The van der Waals surface area contributed by atoms with Gasteiger partial charge in [0.1, 0.15) is 0 Å². The maximum absolute atomic E-state index is 11.8. The lowest BCUT2D eigenvalue weighted by Crippen LogP contribution is -2.42. The minimum Gasteiger partial charge on any atom is -0.347 e. The van der Waals surface area contributed by atoms with E-state index in [-0.39, 0.29) is 11.9 Å². The third-order valence-corrected chi connectivity index (χ3v) is 3.61. The Morgan fingerprint density at radius 3 is 2.41 bits per heavy atom. The van der Waals surface area contributed by atoms with Gasteiger partial charge in [-0.05, 0) is 25.6 Å². The smallest absolute Gasteiger partial charge is 0.239 e. The first-order valence-corrected chi connectivity index (χ1v) is 6.37. The number of carbonyl (C=O) groups excluding carboxylic acids is 1. The highest BCUT2D eigenvalue weighted by Crippen LogP contribution is 2.18. The Balaban J connectivity index is 2.70. The van der Waals surface area contributed by atoms with Crippen LogP contribution < -0.4 is 0 Å². The summed E-state index contributed by atoms with van der Waals surface area (Å²) >= 11 is 3.52. The zero-order valence-corrected chi connectivity index (χ0v) is 12.4. The molecule has 1 rings (SSSR count). The topological polar surface area (TPSA) is 23.6 Å². The van der Waals surface area contributed by atoms with E-state index in [4.69, 9.17) is 0 Å². The summed E-state index contributed by atoms with van der Waals surface area (Å²) in [5, 5.41) is 0. The van der Waals surface area contributed by atoms with Crippen LogP contribution in [-0.2, 0) is 11.3 Å². The Bertz CT molecular complexity index is 393. The summed E-state index contributed by atoms with van der Waals surface area (Å²) in [4.78, 5) is 15.5. The van der Waals surface area contributed by atoms with E-state index in [1.165, 1.54) is 5.56 Å². The molecule has 1 atom stereocenters. The first-order chi connectivity index (χ1) is 7.93. The molecule has 1 unspecified atom stereocenters. The van der Waals surface area contributed by atoms with Gasteiger partial charge in [0.25, 0.3) is 0 Å². The molecule has 3 nitrogen and oxygen atoms in total. The molecule has 0 saturated heterocycles. The Morgan fingerprint density at radius 1 is 1.29 bits per heavy atom. The SMILES string of the molecule is CC(C(=O)N(C)C)N(C)Cc1ccccc1Br. The average Bonchev–Trinajstić information content (AvgIpc) is 2.30. The largest absolute Gasteiger partial charge is 0.347 e. The maximum Gasteiger partial charge on any atom is 0.239 e. The van der Waals surface area contributed by atoms with Crippen molar-refractivity contribution < 1.29 is 4.79 Å². The zero-order valence-electron chi connectivity index (χ0n) is 10.8. The van der Waals surface area contributed by atoms with E-state index in [9.17, 15) is 4.79 Å². The second kappa shape index (κ2) is 6.17. The van der Waals surface area contributed by atoms with Gasteiger partial charge in [-0.15, -0.1) is 0 Å². The number of hydrogen-bond donors (Lipinski definition) is 0. The van der Waals surface area contributed by atoms with Gasteiger partial charge in [0.15, 0.2) is 0 Å². The Hall–Kier alpha value is -0.870. The monoisotopic (exact) mass is 298 g/mol. The normalized spacial score (nSPS) is 12.6. The van der Waals surface area contributed by atoms with E-state index in [0.717, 1.165) is 11.0 Å². The molecule has 0 aliphatic rings. The molecule has 0 spiro atoms. The molecular weight excluding hydrogens is 280 g/mol. The molecule has 4 heteroatoms. The van der Waals surface area contributed by atoms with E-state index in [1.807, 2.05) is 37.1 Å². The third kappa shape index (κ3) is 3.82. The molecule has 1 aromatic rings. The van der Waals surface area contributed by atoms with Crippen molar-refractivity contribution in [1.82, 2.24) is 9.80 Å². The molecule has 17 heavy (non-hydrogen) atoms. The van der Waals surface area contributed by atoms with Crippen LogP contribution in [0.1, 0.15) is 12.5 Å². The summed E-state index contributed by atoms with van der Waals surface area (Å²) in [6.07, 6.45) is 0. The van der Waals surface area contributed by atoms with Crippen LogP contribution in [0.15, 0.2) is 28.7 Å². The highest BCUT2D eigenvalue weighted by atomic mass is 79.9. The van der Waals surface area contributed by atoms with Crippen molar-refractivity contribution in [1.29, 1.82) is 0 Å². The van der Waals surface area contributed by atoms with E-state index in [2.05, 4.69) is 22.0 Å². The molecule has 0 fully saturated rings. The number of rotatable bonds is 4. The molecule has 0 aliphatic heterocycles. The van der Waals surface area contributed by atoms with Crippen molar-refractivity contribution >= 4 is 21.8 Å². The van der Waals surface area contributed by atoms with Crippen LogP contribution in [-0.4, -0.2) is 42.9 Å². The highest BCUT2D eigenvalue weighted by Gasteiger charge is 2.19. The lowest BCUT2D eigenvalue weighted by molar-refractivity contribution is -0.133. The molecule has 0 bridgehead atoms. The van der Waals surface area contributed by atoms with Crippen LogP contribution in [0.5, 0.6) is 0 Å². The summed E-state index contributed by atoms with van der Waals surface area (Å²) in [5.74, 6) is 0.125.